The van der Waals surface area contributed by atoms with Crippen molar-refractivity contribution in [3.63, 3.8) is 0 Å². The predicted molar refractivity (Wildman–Crippen MR) is 118 cm³/mol. The van der Waals surface area contributed by atoms with Gasteiger partial charge in [0.05, 0.1) is 12.2 Å². The fourth-order valence-electron chi connectivity index (χ4n) is 4.33. The number of nitrogens with zero attached hydrogens (tertiary/aromatic N) is 1. The van der Waals surface area contributed by atoms with Crippen molar-refractivity contribution in [3.8, 4) is 5.75 Å². The van der Waals surface area contributed by atoms with Crippen LogP contribution in [0.25, 0.3) is 0 Å². The third kappa shape index (κ3) is 6.07. The lowest BCUT2D eigenvalue weighted by Crippen LogP contribution is -2.31. The van der Waals surface area contributed by atoms with Crippen LogP contribution in [0.2, 0.25) is 0 Å². The fraction of sp³-hybridized carbons (Fsp3) is 0.440. The number of hydrogen-bond acceptors (Lipinski definition) is 5. The fourth-order valence-corrected chi connectivity index (χ4v) is 4.33. The normalized spacial score (nSPS) is 15.1. The van der Waals surface area contributed by atoms with Crippen LogP contribution in [0.1, 0.15) is 65.7 Å². The summed E-state index contributed by atoms with van der Waals surface area (Å²) in [6, 6.07) is 13.0. The summed E-state index contributed by atoms with van der Waals surface area (Å²) in [5.74, 6) is -0.750. The van der Waals surface area contributed by atoms with E-state index in [1.807, 2.05) is 31.2 Å². The number of hydrogen-bond donors (Lipinski definition) is 2. The van der Waals surface area contributed by atoms with Crippen LogP contribution < -0.4 is 0 Å². The lowest BCUT2D eigenvalue weighted by Gasteiger charge is -2.30. The lowest BCUT2D eigenvalue weighted by molar-refractivity contribution is -0.143. The van der Waals surface area contributed by atoms with Crippen LogP contribution in [0.3, 0.4) is 0 Å². The standard InChI is InChI=1S/C25H31NO5/c1-2-31-24(28)9-5-6-15-26(16-14-18-7-3-4-8-23(18)27)22-13-11-19-17-20(25(29)30)10-12-21(19)22/h3-4,7-8,10,12,17,22,27H,2,5-6,9,11,13-16H2,1H3,(H,29,30). The molecule has 0 bridgehead atoms. The van der Waals surface area contributed by atoms with Crippen molar-refractivity contribution in [3.05, 3.63) is 64.7 Å². The zero-order valence-corrected chi connectivity index (χ0v) is 18.0. The predicted octanol–water partition coefficient (Wildman–Crippen LogP) is 4.36. The molecule has 2 aromatic carbocycles. The first-order chi connectivity index (χ1) is 15.0. The van der Waals surface area contributed by atoms with Gasteiger partial charge in [0.15, 0.2) is 0 Å². The van der Waals surface area contributed by atoms with E-state index in [9.17, 15) is 19.8 Å². The number of esters is 1. The molecule has 0 spiro atoms. The summed E-state index contributed by atoms with van der Waals surface area (Å²) in [6.45, 7) is 3.83. The Balaban J connectivity index is 1.69. The Bertz CT molecular complexity index is 911. The number of unbranched alkanes of at least 4 members (excludes halogenated alkanes) is 1. The Labute approximate surface area is 183 Å². The zero-order chi connectivity index (χ0) is 22.2. The summed E-state index contributed by atoms with van der Waals surface area (Å²) >= 11 is 0. The Hall–Kier alpha value is -2.86. The van der Waals surface area contributed by atoms with Gasteiger partial charge in [-0.15, -0.1) is 0 Å². The summed E-state index contributed by atoms with van der Waals surface area (Å²) < 4.78 is 5.02. The zero-order valence-electron chi connectivity index (χ0n) is 18.0. The van der Waals surface area contributed by atoms with E-state index in [1.54, 1.807) is 18.2 Å². The number of aromatic carboxylic acids is 1. The van der Waals surface area contributed by atoms with E-state index in [1.165, 1.54) is 5.56 Å². The number of carbonyl (C=O) groups is 2. The van der Waals surface area contributed by atoms with Gasteiger partial charge >= 0.3 is 11.9 Å². The maximum absolute atomic E-state index is 11.6. The molecule has 1 aliphatic carbocycles. The van der Waals surface area contributed by atoms with Crippen LogP contribution in [0.15, 0.2) is 42.5 Å². The second-order valence-corrected chi connectivity index (χ2v) is 7.95. The molecule has 0 aliphatic heterocycles. The van der Waals surface area contributed by atoms with Crippen molar-refractivity contribution in [2.75, 3.05) is 19.7 Å². The Morgan fingerprint density at radius 2 is 1.94 bits per heavy atom. The molecule has 166 valence electrons. The highest BCUT2D eigenvalue weighted by Gasteiger charge is 2.28. The van der Waals surface area contributed by atoms with Gasteiger partial charge in [0.25, 0.3) is 0 Å². The molecule has 1 unspecified atom stereocenters. The number of aryl methyl sites for hydroxylation is 1. The van der Waals surface area contributed by atoms with E-state index in [0.29, 0.717) is 24.3 Å². The maximum Gasteiger partial charge on any atom is 0.335 e. The summed E-state index contributed by atoms with van der Waals surface area (Å²) in [4.78, 5) is 25.3. The molecule has 0 amide bonds. The average molecular weight is 426 g/mol. The number of para-hydroxylation sites is 1. The van der Waals surface area contributed by atoms with Crippen molar-refractivity contribution >= 4 is 11.9 Å². The second-order valence-electron chi connectivity index (χ2n) is 7.95. The van der Waals surface area contributed by atoms with Crippen molar-refractivity contribution in [1.82, 2.24) is 4.90 Å². The minimum absolute atomic E-state index is 0.157. The number of carbonyl (C=O) groups excluding carboxylic acids is 1. The van der Waals surface area contributed by atoms with Crippen LogP contribution in [0.5, 0.6) is 5.75 Å². The van der Waals surface area contributed by atoms with Gasteiger partial charge in [-0.1, -0.05) is 24.3 Å². The average Bonchev–Trinajstić information content (AvgIpc) is 3.17. The Morgan fingerprint density at radius 1 is 1.13 bits per heavy atom. The number of carboxylic acid groups (broad SMARTS) is 1. The third-order valence-corrected chi connectivity index (χ3v) is 5.92. The number of aromatic hydroxyl groups is 1. The molecular weight excluding hydrogens is 394 g/mol. The third-order valence-electron chi connectivity index (χ3n) is 5.92. The molecule has 0 saturated carbocycles. The van der Waals surface area contributed by atoms with Gasteiger partial charge < -0.3 is 14.9 Å². The minimum atomic E-state index is -0.901. The Kier molecular flexibility index (Phi) is 8.06. The molecule has 0 fully saturated rings. The van der Waals surface area contributed by atoms with Crippen LogP contribution in [-0.4, -0.2) is 46.7 Å². The van der Waals surface area contributed by atoms with Gasteiger partial charge in [0.2, 0.25) is 0 Å². The first-order valence-electron chi connectivity index (χ1n) is 11.0. The number of fused-ring (bicyclic) bond motifs is 1. The largest absolute Gasteiger partial charge is 0.508 e. The van der Waals surface area contributed by atoms with Gasteiger partial charge in [0.1, 0.15) is 5.75 Å². The smallest absolute Gasteiger partial charge is 0.335 e. The lowest BCUT2D eigenvalue weighted by atomic mass is 10.0. The molecular formula is C25H31NO5. The van der Waals surface area contributed by atoms with Crippen molar-refractivity contribution in [2.24, 2.45) is 0 Å². The molecule has 31 heavy (non-hydrogen) atoms. The molecule has 3 rings (SSSR count). The van der Waals surface area contributed by atoms with Crippen LogP contribution in [0, 0.1) is 0 Å². The van der Waals surface area contributed by atoms with Crippen LogP contribution in [0.4, 0.5) is 0 Å². The Morgan fingerprint density at radius 3 is 2.68 bits per heavy atom. The summed E-state index contributed by atoms with van der Waals surface area (Å²) in [5, 5.41) is 19.4. The summed E-state index contributed by atoms with van der Waals surface area (Å²) in [6.07, 6.45) is 4.59. The van der Waals surface area contributed by atoms with Crippen LogP contribution in [-0.2, 0) is 22.4 Å². The van der Waals surface area contributed by atoms with Crippen LogP contribution >= 0.6 is 0 Å². The van der Waals surface area contributed by atoms with Gasteiger partial charge in [-0.25, -0.2) is 4.79 Å². The SMILES string of the molecule is CCOC(=O)CCCCN(CCc1ccccc1O)C1CCc2cc(C(=O)O)ccc21. The highest BCUT2D eigenvalue weighted by Crippen LogP contribution is 2.37. The number of carboxylic acids is 1. The number of benzene rings is 2. The van der Waals surface area contributed by atoms with E-state index in [-0.39, 0.29) is 12.0 Å². The molecule has 1 atom stereocenters. The quantitative estimate of drug-likeness (QED) is 0.411. The molecule has 2 N–H and O–H groups in total. The maximum atomic E-state index is 11.6. The van der Waals surface area contributed by atoms with E-state index < -0.39 is 5.97 Å². The topological polar surface area (TPSA) is 87.1 Å². The molecule has 6 heteroatoms. The van der Waals surface area contributed by atoms with Gasteiger partial charge in [-0.05, 0) is 80.5 Å². The monoisotopic (exact) mass is 425 g/mol. The molecule has 6 nitrogen and oxygen atoms in total. The van der Waals surface area contributed by atoms with Crippen molar-refractivity contribution < 1.29 is 24.5 Å². The highest BCUT2D eigenvalue weighted by atomic mass is 16.5. The first-order valence-corrected chi connectivity index (χ1v) is 11.0. The molecule has 0 saturated heterocycles. The minimum Gasteiger partial charge on any atom is -0.508 e. The number of phenols is 1. The first kappa shape index (κ1) is 22.8. The van der Waals surface area contributed by atoms with E-state index in [0.717, 1.165) is 56.3 Å². The van der Waals surface area contributed by atoms with E-state index >= 15 is 0 Å². The molecule has 0 heterocycles. The van der Waals surface area contributed by atoms with Gasteiger partial charge in [-0.3, -0.25) is 9.69 Å². The number of ether oxygens (including phenoxy) is 1. The number of phenolic OH excluding ortho intramolecular Hbond substituents is 1. The van der Waals surface area contributed by atoms with E-state index in [4.69, 9.17) is 4.74 Å². The summed E-state index contributed by atoms with van der Waals surface area (Å²) in [5.41, 5.74) is 3.53. The van der Waals surface area contributed by atoms with Gasteiger partial charge in [0, 0.05) is 19.0 Å². The second kappa shape index (κ2) is 11.0. The molecule has 1 aliphatic rings. The molecule has 0 aromatic heterocycles. The van der Waals surface area contributed by atoms with Crippen molar-refractivity contribution in [2.45, 2.75) is 51.5 Å². The highest BCUT2D eigenvalue weighted by molar-refractivity contribution is 5.88. The molecule has 2 aromatic rings. The molecule has 0 radical (unpaired) electrons. The van der Waals surface area contributed by atoms with Gasteiger partial charge in [-0.2, -0.15) is 0 Å². The van der Waals surface area contributed by atoms with Crippen molar-refractivity contribution in [1.29, 1.82) is 0 Å². The number of rotatable bonds is 11. The van der Waals surface area contributed by atoms with E-state index in [2.05, 4.69) is 4.90 Å². The summed E-state index contributed by atoms with van der Waals surface area (Å²) in [7, 11) is 0.